The molecule has 1 amide bonds. The molecule has 0 aliphatic rings. The minimum Gasteiger partial charge on any atom is -0.463 e. The molecule has 0 bridgehead atoms. The summed E-state index contributed by atoms with van der Waals surface area (Å²) >= 11 is 0. The third kappa shape index (κ3) is 4.76. The number of benzene rings is 1. The highest BCUT2D eigenvalue weighted by atomic mass is 16.3. The van der Waals surface area contributed by atoms with Crippen LogP contribution in [-0.4, -0.2) is 19.5 Å². The molecule has 0 fully saturated rings. The summed E-state index contributed by atoms with van der Waals surface area (Å²) in [6, 6.07) is 11.8. The summed E-state index contributed by atoms with van der Waals surface area (Å²) in [5, 5.41) is 2.93. The van der Waals surface area contributed by atoms with Crippen molar-refractivity contribution >= 4 is 11.6 Å². The Morgan fingerprint density at radius 1 is 1.24 bits per heavy atom. The van der Waals surface area contributed by atoms with E-state index in [-0.39, 0.29) is 5.91 Å². The van der Waals surface area contributed by atoms with Crippen LogP contribution in [0.2, 0.25) is 0 Å². The second-order valence-electron chi connectivity index (χ2n) is 5.71. The van der Waals surface area contributed by atoms with Gasteiger partial charge in [-0.2, -0.15) is 0 Å². The van der Waals surface area contributed by atoms with Crippen LogP contribution in [0.3, 0.4) is 0 Å². The average Bonchev–Trinajstić information content (AvgIpc) is 2.91. The number of anilines is 1. The van der Waals surface area contributed by atoms with Gasteiger partial charge in [-0.1, -0.05) is 26.0 Å². The molecule has 1 aromatic carbocycles. The first-order valence-corrected chi connectivity index (χ1v) is 7.28. The van der Waals surface area contributed by atoms with Crippen LogP contribution >= 0.6 is 0 Å². The standard InChI is InChI=1S/C17H22N2O2/c1-13(2)14-6-8-15(9-7-14)18-17(20)12-19(3)11-16-5-4-10-21-16/h4-10,13H,11-12H2,1-3H3,(H,18,20)/p+1. The molecule has 2 N–H and O–H groups in total. The number of nitrogens with one attached hydrogen (secondary N) is 2. The van der Waals surface area contributed by atoms with Crippen molar-refractivity contribution < 1.29 is 14.1 Å². The fraction of sp³-hybridized carbons (Fsp3) is 0.353. The van der Waals surface area contributed by atoms with Crippen LogP contribution in [0.4, 0.5) is 5.69 Å². The Labute approximate surface area is 125 Å². The second-order valence-corrected chi connectivity index (χ2v) is 5.71. The molecule has 21 heavy (non-hydrogen) atoms. The highest BCUT2D eigenvalue weighted by Gasteiger charge is 2.12. The Kier molecular flexibility index (Phi) is 5.17. The number of furan rings is 1. The second kappa shape index (κ2) is 7.09. The molecule has 0 spiro atoms. The van der Waals surface area contributed by atoms with E-state index in [0.717, 1.165) is 16.3 Å². The van der Waals surface area contributed by atoms with Crippen molar-refractivity contribution in [1.82, 2.24) is 0 Å². The maximum absolute atomic E-state index is 12.0. The average molecular weight is 287 g/mol. The smallest absolute Gasteiger partial charge is 0.279 e. The number of rotatable bonds is 6. The number of likely N-dealkylation sites (N-methyl/N-ethyl adjacent to an activating group) is 1. The Morgan fingerprint density at radius 2 is 1.95 bits per heavy atom. The van der Waals surface area contributed by atoms with E-state index in [0.29, 0.717) is 19.0 Å². The maximum atomic E-state index is 12.0. The minimum atomic E-state index is 0.0105. The molecule has 1 atom stereocenters. The predicted molar refractivity (Wildman–Crippen MR) is 83.3 cm³/mol. The van der Waals surface area contributed by atoms with Crippen molar-refractivity contribution in [3.05, 3.63) is 54.0 Å². The molecule has 0 aliphatic heterocycles. The van der Waals surface area contributed by atoms with Gasteiger partial charge in [0.25, 0.3) is 5.91 Å². The fourth-order valence-electron chi connectivity index (χ4n) is 2.20. The van der Waals surface area contributed by atoms with Gasteiger partial charge in [0.1, 0.15) is 6.54 Å². The number of hydrogen-bond donors (Lipinski definition) is 2. The van der Waals surface area contributed by atoms with Crippen molar-refractivity contribution in [1.29, 1.82) is 0 Å². The topological polar surface area (TPSA) is 46.7 Å². The highest BCUT2D eigenvalue weighted by molar-refractivity contribution is 5.91. The Hall–Kier alpha value is -2.07. The van der Waals surface area contributed by atoms with Gasteiger partial charge in [-0.25, -0.2) is 0 Å². The molecule has 0 saturated carbocycles. The molecule has 0 saturated heterocycles. The Balaban J connectivity index is 1.83. The third-order valence-electron chi connectivity index (χ3n) is 3.38. The van der Waals surface area contributed by atoms with Gasteiger partial charge >= 0.3 is 0 Å². The first-order valence-electron chi connectivity index (χ1n) is 7.28. The van der Waals surface area contributed by atoms with E-state index in [9.17, 15) is 4.79 Å². The molecule has 1 heterocycles. The lowest BCUT2D eigenvalue weighted by atomic mass is 10.0. The molecule has 2 rings (SSSR count). The number of quaternary nitrogens is 1. The number of hydrogen-bond acceptors (Lipinski definition) is 2. The predicted octanol–water partition coefficient (Wildman–Crippen LogP) is 2.06. The summed E-state index contributed by atoms with van der Waals surface area (Å²) in [6.07, 6.45) is 1.65. The summed E-state index contributed by atoms with van der Waals surface area (Å²) in [4.78, 5) is 13.1. The van der Waals surface area contributed by atoms with Gasteiger partial charge in [0.2, 0.25) is 0 Å². The fourth-order valence-corrected chi connectivity index (χ4v) is 2.20. The summed E-state index contributed by atoms with van der Waals surface area (Å²) < 4.78 is 5.29. The Morgan fingerprint density at radius 3 is 2.52 bits per heavy atom. The summed E-state index contributed by atoms with van der Waals surface area (Å²) in [5.74, 6) is 1.40. The number of carbonyl (C=O) groups is 1. The van der Waals surface area contributed by atoms with Gasteiger partial charge in [0.15, 0.2) is 12.3 Å². The molecule has 112 valence electrons. The highest BCUT2D eigenvalue weighted by Crippen LogP contribution is 2.16. The lowest BCUT2D eigenvalue weighted by molar-refractivity contribution is -0.886. The van der Waals surface area contributed by atoms with Crippen LogP contribution in [0.5, 0.6) is 0 Å². The molecular weight excluding hydrogens is 264 g/mol. The molecule has 1 aromatic heterocycles. The first kappa shape index (κ1) is 15.3. The molecule has 1 unspecified atom stereocenters. The van der Waals surface area contributed by atoms with Crippen molar-refractivity contribution in [2.45, 2.75) is 26.3 Å². The summed E-state index contributed by atoms with van der Waals surface area (Å²) in [5.41, 5.74) is 2.11. The third-order valence-corrected chi connectivity index (χ3v) is 3.38. The van der Waals surface area contributed by atoms with Crippen LogP contribution in [0.25, 0.3) is 0 Å². The van der Waals surface area contributed by atoms with Crippen LogP contribution in [0, 0.1) is 0 Å². The number of amides is 1. The number of carbonyl (C=O) groups excluding carboxylic acids is 1. The molecule has 2 aromatic rings. The maximum Gasteiger partial charge on any atom is 0.279 e. The Bertz CT molecular complexity index is 559. The van der Waals surface area contributed by atoms with Crippen LogP contribution < -0.4 is 10.2 Å². The molecular formula is C17H23N2O2+. The van der Waals surface area contributed by atoms with Gasteiger partial charge in [0, 0.05) is 5.69 Å². The normalized spacial score (nSPS) is 12.4. The zero-order valence-corrected chi connectivity index (χ0v) is 12.8. The van der Waals surface area contributed by atoms with Crippen molar-refractivity contribution in [2.75, 3.05) is 18.9 Å². The van der Waals surface area contributed by atoms with Crippen LogP contribution in [0.1, 0.15) is 31.1 Å². The molecule has 0 aliphatic carbocycles. The zero-order chi connectivity index (χ0) is 15.2. The lowest BCUT2D eigenvalue weighted by Gasteiger charge is -2.13. The molecule has 0 radical (unpaired) electrons. The minimum absolute atomic E-state index is 0.0105. The van der Waals surface area contributed by atoms with E-state index in [1.807, 2.05) is 31.3 Å². The van der Waals surface area contributed by atoms with E-state index >= 15 is 0 Å². The SMILES string of the molecule is CC(C)c1ccc(NC(=O)C[NH+](C)Cc2ccco2)cc1. The molecule has 4 nitrogen and oxygen atoms in total. The summed E-state index contributed by atoms with van der Waals surface area (Å²) in [7, 11) is 1.98. The quantitative estimate of drug-likeness (QED) is 0.854. The lowest BCUT2D eigenvalue weighted by Crippen LogP contribution is -3.08. The molecule has 4 heteroatoms. The van der Waals surface area contributed by atoms with Crippen LogP contribution in [-0.2, 0) is 11.3 Å². The van der Waals surface area contributed by atoms with Gasteiger partial charge in [0.05, 0.1) is 13.3 Å². The zero-order valence-electron chi connectivity index (χ0n) is 12.8. The van der Waals surface area contributed by atoms with Crippen LogP contribution in [0.15, 0.2) is 47.1 Å². The van der Waals surface area contributed by atoms with E-state index in [1.165, 1.54) is 5.56 Å². The van der Waals surface area contributed by atoms with E-state index in [2.05, 4.69) is 31.3 Å². The van der Waals surface area contributed by atoms with E-state index in [1.54, 1.807) is 6.26 Å². The summed E-state index contributed by atoms with van der Waals surface area (Å²) in [6.45, 7) is 5.42. The van der Waals surface area contributed by atoms with Gasteiger partial charge in [-0.05, 0) is 35.7 Å². The first-order chi connectivity index (χ1) is 10.0. The largest absolute Gasteiger partial charge is 0.463 e. The van der Waals surface area contributed by atoms with E-state index in [4.69, 9.17) is 4.42 Å². The van der Waals surface area contributed by atoms with Gasteiger partial charge < -0.3 is 14.6 Å². The van der Waals surface area contributed by atoms with Gasteiger partial charge in [-0.15, -0.1) is 0 Å². The van der Waals surface area contributed by atoms with E-state index < -0.39 is 0 Å². The van der Waals surface area contributed by atoms with Crippen molar-refractivity contribution in [3.63, 3.8) is 0 Å². The van der Waals surface area contributed by atoms with Gasteiger partial charge in [-0.3, -0.25) is 4.79 Å². The monoisotopic (exact) mass is 287 g/mol. The van der Waals surface area contributed by atoms with Crippen molar-refractivity contribution in [2.24, 2.45) is 0 Å². The van der Waals surface area contributed by atoms with Crippen molar-refractivity contribution in [3.8, 4) is 0 Å².